The average Bonchev–Trinajstić information content (AvgIpc) is 2.99. The summed E-state index contributed by atoms with van der Waals surface area (Å²) < 4.78 is 0. The lowest BCUT2D eigenvalue weighted by Crippen LogP contribution is -2.41. The van der Waals surface area contributed by atoms with Crippen LogP contribution in [0.15, 0.2) is 24.3 Å². The first-order valence-corrected chi connectivity index (χ1v) is 7.99. The minimum atomic E-state index is -0.914. The SMILES string of the molecule is O=C(O)C1CCC1C(=O)Nc1ccc(C(=O)N2CCCC2)cc1. The van der Waals surface area contributed by atoms with Gasteiger partial charge in [0.1, 0.15) is 0 Å². The first kappa shape index (κ1) is 15.5. The van der Waals surface area contributed by atoms with Crippen LogP contribution in [0.5, 0.6) is 0 Å². The lowest BCUT2D eigenvalue weighted by Gasteiger charge is -2.31. The molecule has 1 aromatic rings. The Labute approximate surface area is 134 Å². The first-order valence-electron chi connectivity index (χ1n) is 7.99. The number of amides is 2. The van der Waals surface area contributed by atoms with Gasteiger partial charge in [-0.3, -0.25) is 14.4 Å². The van der Waals surface area contributed by atoms with E-state index in [1.807, 2.05) is 4.90 Å². The number of carboxylic acids is 1. The van der Waals surface area contributed by atoms with Gasteiger partial charge in [0.05, 0.1) is 11.8 Å². The predicted molar refractivity (Wildman–Crippen MR) is 84.1 cm³/mol. The second-order valence-corrected chi connectivity index (χ2v) is 6.19. The van der Waals surface area contributed by atoms with Gasteiger partial charge in [0, 0.05) is 24.3 Å². The zero-order chi connectivity index (χ0) is 16.4. The van der Waals surface area contributed by atoms with Crippen molar-refractivity contribution >= 4 is 23.5 Å². The summed E-state index contributed by atoms with van der Waals surface area (Å²) in [5.41, 5.74) is 1.20. The molecule has 3 rings (SSSR count). The van der Waals surface area contributed by atoms with Gasteiger partial charge in [0.2, 0.25) is 5.91 Å². The van der Waals surface area contributed by atoms with E-state index in [-0.39, 0.29) is 11.8 Å². The Morgan fingerprint density at radius 1 is 1.00 bits per heavy atom. The largest absolute Gasteiger partial charge is 0.481 e. The molecule has 2 aliphatic rings. The first-order chi connectivity index (χ1) is 11.1. The molecule has 0 radical (unpaired) electrons. The van der Waals surface area contributed by atoms with Crippen molar-refractivity contribution in [3.05, 3.63) is 29.8 Å². The summed E-state index contributed by atoms with van der Waals surface area (Å²) in [5, 5.41) is 11.7. The van der Waals surface area contributed by atoms with Crippen molar-refractivity contribution in [3.63, 3.8) is 0 Å². The number of likely N-dealkylation sites (tertiary alicyclic amines) is 1. The molecule has 1 aliphatic heterocycles. The average molecular weight is 316 g/mol. The normalized spacial score (nSPS) is 23.2. The number of aliphatic carboxylic acids is 1. The van der Waals surface area contributed by atoms with Crippen LogP contribution in [0.25, 0.3) is 0 Å². The summed E-state index contributed by atoms with van der Waals surface area (Å²) in [6.07, 6.45) is 3.25. The highest BCUT2D eigenvalue weighted by Crippen LogP contribution is 2.35. The van der Waals surface area contributed by atoms with E-state index in [0.717, 1.165) is 25.9 Å². The number of carboxylic acid groups (broad SMARTS) is 1. The lowest BCUT2D eigenvalue weighted by molar-refractivity contribution is -0.151. The quantitative estimate of drug-likeness (QED) is 0.889. The predicted octanol–water partition coefficient (Wildman–Crippen LogP) is 1.97. The van der Waals surface area contributed by atoms with Gasteiger partial charge in [0.25, 0.3) is 5.91 Å². The molecule has 2 N–H and O–H groups in total. The second-order valence-electron chi connectivity index (χ2n) is 6.19. The van der Waals surface area contributed by atoms with E-state index in [1.165, 1.54) is 0 Å². The molecule has 1 aromatic carbocycles. The Bertz CT molecular complexity index is 620. The molecule has 1 heterocycles. The molecular weight excluding hydrogens is 296 g/mol. The summed E-state index contributed by atoms with van der Waals surface area (Å²) in [6, 6.07) is 6.78. The number of nitrogens with one attached hydrogen (secondary N) is 1. The van der Waals surface area contributed by atoms with Gasteiger partial charge in [-0.2, -0.15) is 0 Å². The molecule has 2 atom stereocenters. The Morgan fingerprint density at radius 2 is 1.61 bits per heavy atom. The van der Waals surface area contributed by atoms with Gasteiger partial charge in [-0.25, -0.2) is 0 Å². The van der Waals surface area contributed by atoms with E-state index >= 15 is 0 Å². The van der Waals surface area contributed by atoms with Crippen molar-refractivity contribution in [2.45, 2.75) is 25.7 Å². The van der Waals surface area contributed by atoms with Crippen molar-refractivity contribution in [1.29, 1.82) is 0 Å². The van der Waals surface area contributed by atoms with Crippen molar-refractivity contribution in [3.8, 4) is 0 Å². The minimum Gasteiger partial charge on any atom is -0.481 e. The van der Waals surface area contributed by atoms with Gasteiger partial charge in [-0.05, 0) is 49.9 Å². The monoisotopic (exact) mass is 316 g/mol. The number of nitrogens with zero attached hydrogens (tertiary/aromatic N) is 1. The Hall–Kier alpha value is -2.37. The van der Waals surface area contributed by atoms with Crippen LogP contribution in [0.4, 0.5) is 5.69 Å². The summed E-state index contributed by atoms with van der Waals surface area (Å²) >= 11 is 0. The molecule has 0 spiro atoms. The molecule has 2 fully saturated rings. The van der Waals surface area contributed by atoms with Crippen LogP contribution >= 0.6 is 0 Å². The van der Waals surface area contributed by atoms with E-state index < -0.39 is 17.8 Å². The van der Waals surface area contributed by atoms with Crippen molar-refractivity contribution in [1.82, 2.24) is 4.90 Å². The van der Waals surface area contributed by atoms with Crippen molar-refractivity contribution in [2.24, 2.45) is 11.8 Å². The van der Waals surface area contributed by atoms with Crippen LogP contribution in [0, 0.1) is 11.8 Å². The number of carbonyl (C=O) groups excluding carboxylic acids is 2. The van der Waals surface area contributed by atoms with E-state index in [2.05, 4.69) is 5.32 Å². The maximum atomic E-state index is 12.2. The summed E-state index contributed by atoms with van der Waals surface area (Å²) in [4.78, 5) is 37.1. The molecule has 2 unspecified atom stereocenters. The number of anilines is 1. The molecule has 23 heavy (non-hydrogen) atoms. The minimum absolute atomic E-state index is 0.0188. The van der Waals surface area contributed by atoms with Gasteiger partial charge in [-0.1, -0.05) is 0 Å². The third-order valence-electron chi connectivity index (χ3n) is 4.72. The van der Waals surface area contributed by atoms with Crippen molar-refractivity contribution < 1.29 is 19.5 Å². The summed E-state index contributed by atoms with van der Waals surface area (Å²) in [7, 11) is 0. The van der Waals surface area contributed by atoms with Gasteiger partial charge < -0.3 is 15.3 Å². The summed E-state index contributed by atoms with van der Waals surface area (Å²) in [5.74, 6) is -2.19. The molecule has 1 saturated heterocycles. The van der Waals surface area contributed by atoms with Crippen LogP contribution in [-0.2, 0) is 9.59 Å². The Morgan fingerprint density at radius 3 is 2.13 bits per heavy atom. The van der Waals surface area contributed by atoms with E-state index in [4.69, 9.17) is 5.11 Å². The number of carbonyl (C=O) groups is 3. The highest BCUT2D eigenvalue weighted by molar-refractivity contribution is 5.97. The molecule has 1 aliphatic carbocycles. The van der Waals surface area contributed by atoms with Crippen LogP contribution in [0.1, 0.15) is 36.0 Å². The fraction of sp³-hybridized carbons (Fsp3) is 0.471. The maximum absolute atomic E-state index is 12.2. The van der Waals surface area contributed by atoms with Crippen LogP contribution in [0.2, 0.25) is 0 Å². The number of hydrogen-bond acceptors (Lipinski definition) is 3. The standard InChI is InChI=1S/C17H20N2O4/c20-15(13-7-8-14(13)17(22)23)18-12-5-3-11(4-6-12)16(21)19-9-1-2-10-19/h3-6,13-14H,1-2,7-10H2,(H,18,20)(H,22,23). The molecule has 0 aromatic heterocycles. The fourth-order valence-corrected chi connectivity index (χ4v) is 3.14. The van der Waals surface area contributed by atoms with Crippen LogP contribution in [0.3, 0.4) is 0 Å². The van der Waals surface area contributed by atoms with E-state index in [9.17, 15) is 14.4 Å². The van der Waals surface area contributed by atoms with Gasteiger partial charge in [-0.15, -0.1) is 0 Å². The number of rotatable bonds is 4. The molecule has 1 saturated carbocycles. The zero-order valence-corrected chi connectivity index (χ0v) is 12.8. The zero-order valence-electron chi connectivity index (χ0n) is 12.8. The van der Waals surface area contributed by atoms with Gasteiger partial charge in [0.15, 0.2) is 0 Å². The van der Waals surface area contributed by atoms with Crippen molar-refractivity contribution in [2.75, 3.05) is 18.4 Å². The number of hydrogen-bond donors (Lipinski definition) is 2. The van der Waals surface area contributed by atoms with Crippen LogP contribution in [-0.4, -0.2) is 40.9 Å². The highest BCUT2D eigenvalue weighted by atomic mass is 16.4. The molecule has 6 nitrogen and oxygen atoms in total. The molecule has 6 heteroatoms. The fourth-order valence-electron chi connectivity index (χ4n) is 3.14. The maximum Gasteiger partial charge on any atom is 0.307 e. The number of benzene rings is 1. The summed E-state index contributed by atoms with van der Waals surface area (Å²) in [6.45, 7) is 1.60. The topological polar surface area (TPSA) is 86.7 Å². The van der Waals surface area contributed by atoms with Crippen LogP contribution < -0.4 is 5.32 Å². The third-order valence-corrected chi connectivity index (χ3v) is 4.72. The second kappa shape index (κ2) is 6.40. The molecule has 122 valence electrons. The van der Waals surface area contributed by atoms with E-state index in [0.29, 0.717) is 24.1 Å². The third kappa shape index (κ3) is 3.21. The highest BCUT2D eigenvalue weighted by Gasteiger charge is 2.41. The Balaban J connectivity index is 1.60. The van der Waals surface area contributed by atoms with E-state index in [1.54, 1.807) is 24.3 Å². The Kier molecular flexibility index (Phi) is 4.32. The lowest BCUT2D eigenvalue weighted by atomic mass is 9.73. The van der Waals surface area contributed by atoms with Gasteiger partial charge >= 0.3 is 5.97 Å². The molecule has 2 amide bonds. The molecular formula is C17H20N2O4. The smallest absolute Gasteiger partial charge is 0.307 e. The molecule has 0 bridgehead atoms.